The van der Waals surface area contributed by atoms with Crippen LogP contribution >= 0.6 is 0 Å². The fourth-order valence-corrected chi connectivity index (χ4v) is 2.13. The molecule has 0 fully saturated rings. The quantitative estimate of drug-likeness (QED) is 0.458. The highest BCUT2D eigenvalue weighted by Crippen LogP contribution is 2.23. The molecule has 0 aliphatic carbocycles. The van der Waals surface area contributed by atoms with E-state index >= 15 is 0 Å². The molecule has 0 aliphatic rings. The van der Waals surface area contributed by atoms with Gasteiger partial charge in [0.15, 0.2) is 0 Å². The molecule has 0 aliphatic heterocycles. The second-order valence-corrected chi connectivity index (χ2v) is 7.77. The Morgan fingerprint density at radius 3 is 2.32 bits per heavy atom. The molecule has 0 radical (unpaired) electrons. The minimum absolute atomic E-state index is 0.0151. The van der Waals surface area contributed by atoms with E-state index in [4.69, 9.17) is 14.2 Å². The van der Waals surface area contributed by atoms with E-state index in [2.05, 4.69) is 6.58 Å². The molecular formula is C22H30O6. The predicted molar refractivity (Wildman–Crippen MR) is 106 cm³/mol. The van der Waals surface area contributed by atoms with Crippen LogP contribution in [0, 0.1) is 5.41 Å². The summed E-state index contributed by atoms with van der Waals surface area (Å²) < 4.78 is 15.7. The van der Waals surface area contributed by atoms with Crippen LogP contribution in [-0.2, 0) is 30.5 Å². The zero-order valence-corrected chi connectivity index (χ0v) is 17.4. The molecule has 0 unspecified atom stereocenters. The van der Waals surface area contributed by atoms with E-state index in [0.717, 1.165) is 16.9 Å². The highest BCUT2D eigenvalue weighted by atomic mass is 16.6. The average Bonchev–Trinajstić information content (AvgIpc) is 2.59. The van der Waals surface area contributed by atoms with Crippen molar-refractivity contribution in [2.75, 3.05) is 0 Å². The lowest BCUT2D eigenvalue weighted by Crippen LogP contribution is -2.25. The number of hydrogen-bond donors (Lipinski definition) is 0. The van der Waals surface area contributed by atoms with Gasteiger partial charge in [-0.1, -0.05) is 18.7 Å². The Morgan fingerprint density at radius 1 is 1.11 bits per heavy atom. The SMILES string of the molecule is C=Cc1cc(COC(=O)CCCC(=O)OC(=O)C(C)(C)C)ccc1OC(C)C. The third-order valence-corrected chi connectivity index (χ3v) is 3.64. The molecule has 1 aromatic carbocycles. The predicted octanol–water partition coefficient (Wildman–Crippen LogP) is 4.45. The van der Waals surface area contributed by atoms with Crippen molar-refractivity contribution >= 4 is 24.0 Å². The lowest BCUT2D eigenvalue weighted by atomic mass is 9.97. The number of carbonyl (C=O) groups excluding carboxylic acids is 3. The van der Waals surface area contributed by atoms with Gasteiger partial charge in [-0.2, -0.15) is 0 Å². The zero-order chi connectivity index (χ0) is 21.3. The van der Waals surface area contributed by atoms with Crippen LogP contribution in [-0.4, -0.2) is 24.0 Å². The monoisotopic (exact) mass is 390 g/mol. The summed E-state index contributed by atoms with van der Waals surface area (Å²) in [6, 6.07) is 5.50. The van der Waals surface area contributed by atoms with Crippen molar-refractivity contribution in [1.29, 1.82) is 0 Å². The molecule has 6 nitrogen and oxygen atoms in total. The van der Waals surface area contributed by atoms with E-state index in [-0.39, 0.29) is 32.0 Å². The maximum absolute atomic E-state index is 11.9. The molecule has 0 bridgehead atoms. The van der Waals surface area contributed by atoms with Crippen molar-refractivity contribution in [1.82, 2.24) is 0 Å². The van der Waals surface area contributed by atoms with Crippen molar-refractivity contribution in [3.8, 4) is 5.75 Å². The van der Waals surface area contributed by atoms with Crippen LogP contribution in [0.2, 0.25) is 0 Å². The Bertz CT molecular complexity index is 712. The Kier molecular flexibility index (Phi) is 8.89. The van der Waals surface area contributed by atoms with Gasteiger partial charge in [0.05, 0.1) is 11.5 Å². The van der Waals surface area contributed by atoms with Gasteiger partial charge in [-0.05, 0) is 58.7 Å². The second-order valence-electron chi connectivity index (χ2n) is 7.77. The smallest absolute Gasteiger partial charge is 0.318 e. The van der Waals surface area contributed by atoms with Crippen molar-refractivity contribution in [3.63, 3.8) is 0 Å². The molecule has 1 aromatic rings. The molecule has 0 N–H and O–H groups in total. The molecule has 0 saturated carbocycles. The van der Waals surface area contributed by atoms with Gasteiger partial charge in [-0.15, -0.1) is 0 Å². The van der Waals surface area contributed by atoms with Crippen LogP contribution in [0.4, 0.5) is 0 Å². The van der Waals surface area contributed by atoms with Crippen molar-refractivity contribution in [3.05, 3.63) is 35.9 Å². The lowest BCUT2D eigenvalue weighted by Gasteiger charge is -2.15. The zero-order valence-electron chi connectivity index (χ0n) is 17.4. The van der Waals surface area contributed by atoms with Crippen LogP contribution < -0.4 is 4.74 Å². The standard InChI is InChI=1S/C22H30O6/c1-7-17-13-16(11-12-18(17)27-15(2)3)14-26-19(23)9-8-10-20(24)28-21(25)22(4,5)6/h7,11-13,15H,1,8-10,14H2,2-6H3. The molecule has 6 heteroatoms. The van der Waals surface area contributed by atoms with Gasteiger partial charge in [0.25, 0.3) is 0 Å². The summed E-state index contributed by atoms with van der Waals surface area (Å²) in [4.78, 5) is 35.1. The summed E-state index contributed by atoms with van der Waals surface area (Å²) in [5, 5.41) is 0. The van der Waals surface area contributed by atoms with E-state index in [1.165, 1.54) is 0 Å². The molecule has 0 spiro atoms. The molecule has 0 saturated heterocycles. The number of ether oxygens (including phenoxy) is 3. The molecule has 0 heterocycles. The lowest BCUT2D eigenvalue weighted by molar-refractivity contribution is -0.165. The minimum Gasteiger partial charge on any atom is -0.490 e. The Hall–Kier alpha value is -2.63. The fourth-order valence-electron chi connectivity index (χ4n) is 2.13. The topological polar surface area (TPSA) is 78.9 Å². The van der Waals surface area contributed by atoms with Crippen LogP contribution in [0.1, 0.15) is 65.0 Å². The third kappa shape index (κ3) is 8.37. The molecule has 1 rings (SSSR count). The third-order valence-electron chi connectivity index (χ3n) is 3.64. The average molecular weight is 390 g/mol. The van der Waals surface area contributed by atoms with E-state index in [1.807, 2.05) is 32.0 Å². The van der Waals surface area contributed by atoms with E-state index in [9.17, 15) is 14.4 Å². The van der Waals surface area contributed by atoms with Crippen LogP contribution in [0.3, 0.4) is 0 Å². The van der Waals surface area contributed by atoms with Crippen LogP contribution in [0.15, 0.2) is 24.8 Å². The van der Waals surface area contributed by atoms with E-state index in [1.54, 1.807) is 26.8 Å². The normalized spacial score (nSPS) is 11.1. The Morgan fingerprint density at radius 2 is 1.75 bits per heavy atom. The van der Waals surface area contributed by atoms with Gasteiger partial charge in [0.1, 0.15) is 12.4 Å². The molecule has 0 amide bonds. The summed E-state index contributed by atoms with van der Waals surface area (Å²) in [5.41, 5.74) is 0.900. The molecule has 28 heavy (non-hydrogen) atoms. The first-order chi connectivity index (χ1) is 13.0. The maximum Gasteiger partial charge on any atom is 0.318 e. The summed E-state index contributed by atoms with van der Waals surface area (Å²) in [5.74, 6) is -0.909. The summed E-state index contributed by atoms with van der Waals surface area (Å²) in [7, 11) is 0. The van der Waals surface area contributed by atoms with Crippen LogP contribution in [0.25, 0.3) is 6.08 Å². The number of hydrogen-bond acceptors (Lipinski definition) is 6. The summed E-state index contributed by atoms with van der Waals surface area (Å²) in [6.45, 7) is 12.8. The minimum atomic E-state index is -0.741. The van der Waals surface area contributed by atoms with Crippen molar-refractivity contribution < 1.29 is 28.6 Å². The van der Waals surface area contributed by atoms with E-state index < -0.39 is 23.3 Å². The molecule has 0 aromatic heterocycles. The van der Waals surface area contributed by atoms with Crippen molar-refractivity contribution in [2.45, 2.75) is 66.6 Å². The largest absolute Gasteiger partial charge is 0.490 e. The first-order valence-electron chi connectivity index (χ1n) is 9.35. The number of carbonyl (C=O) groups is 3. The first-order valence-corrected chi connectivity index (χ1v) is 9.35. The van der Waals surface area contributed by atoms with Gasteiger partial charge in [-0.3, -0.25) is 14.4 Å². The highest BCUT2D eigenvalue weighted by Gasteiger charge is 2.25. The van der Waals surface area contributed by atoms with Crippen molar-refractivity contribution in [2.24, 2.45) is 5.41 Å². The van der Waals surface area contributed by atoms with E-state index in [0.29, 0.717) is 0 Å². The Labute approximate surface area is 166 Å². The van der Waals surface area contributed by atoms with Crippen LogP contribution in [0.5, 0.6) is 5.75 Å². The van der Waals surface area contributed by atoms with Gasteiger partial charge in [0.2, 0.25) is 0 Å². The molecular weight excluding hydrogens is 360 g/mol. The Balaban J connectivity index is 2.41. The second kappa shape index (κ2) is 10.6. The first kappa shape index (κ1) is 23.4. The number of rotatable bonds is 9. The number of esters is 3. The fraction of sp³-hybridized carbons (Fsp3) is 0.500. The summed E-state index contributed by atoms with van der Waals surface area (Å²) >= 11 is 0. The van der Waals surface area contributed by atoms with Gasteiger partial charge in [-0.25, -0.2) is 0 Å². The number of benzene rings is 1. The molecule has 154 valence electrons. The highest BCUT2D eigenvalue weighted by molar-refractivity contribution is 5.88. The van der Waals surface area contributed by atoms with Gasteiger partial charge >= 0.3 is 17.9 Å². The maximum atomic E-state index is 11.9. The van der Waals surface area contributed by atoms with Gasteiger partial charge < -0.3 is 14.2 Å². The molecule has 0 atom stereocenters. The summed E-state index contributed by atoms with van der Waals surface area (Å²) in [6.07, 6.45) is 2.05. The van der Waals surface area contributed by atoms with Gasteiger partial charge in [0, 0.05) is 18.4 Å².